The number of unbranched alkanes of at least 4 members (excludes halogenated alkanes) is 1. The highest BCUT2D eigenvalue weighted by molar-refractivity contribution is 5.88. The van der Waals surface area contributed by atoms with E-state index in [-0.39, 0.29) is 0 Å². The third-order valence-electron chi connectivity index (χ3n) is 2.28. The van der Waals surface area contributed by atoms with E-state index in [4.69, 9.17) is 4.74 Å². The van der Waals surface area contributed by atoms with Crippen LogP contribution in [0.25, 0.3) is 12.2 Å². The maximum absolute atomic E-state index is 5.66. The van der Waals surface area contributed by atoms with Gasteiger partial charge >= 0.3 is 0 Å². The normalized spacial score (nSPS) is 12.1. The summed E-state index contributed by atoms with van der Waals surface area (Å²) in [7, 11) is 0. The third kappa shape index (κ3) is 1.59. The zero-order chi connectivity index (χ0) is 9.10. The van der Waals surface area contributed by atoms with Gasteiger partial charge in [-0.3, -0.25) is 0 Å². The second-order valence-corrected chi connectivity index (χ2v) is 3.29. The van der Waals surface area contributed by atoms with Crippen molar-refractivity contribution in [3.63, 3.8) is 0 Å². The van der Waals surface area contributed by atoms with Crippen LogP contribution in [-0.4, -0.2) is 6.61 Å². The number of rotatable bonds is 4. The fourth-order valence-corrected chi connectivity index (χ4v) is 1.41. The molecule has 13 heavy (non-hydrogen) atoms. The first-order chi connectivity index (χ1) is 6.42. The zero-order valence-corrected chi connectivity index (χ0v) is 7.92. The largest absolute Gasteiger partial charge is 0.493 e. The topological polar surface area (TPSA) is 9.23 Å². The molecule has 0 atom stereocenters. The first-order valence-electron chi connectivity index (χ1n) is 4.85. The molecular formula is C12H14O. The lowest BCUT2D eigenvalue weighted by atomic mass is 9.97. The van der Waals surface area contributed by atoms with E-state index in [1.165, 1.54) is 17.5 Å². The van der Waals surface area contributed by atoms with Gasteiger partial charge in [0, 0.05) is 5.56 Å². The lowest BCUT2D eigenvalue weighted by molar-refractivity contribution is 0.308. The van der Waals surface area contributed by atoms with Crippen molar-refractivity contribution in [1.29, 1.82) is 0 Å². The molecule has 0 bridgehead atoms. The maximum atomic E-state index is 5.66. The minimum Gasteiger partial charge on any atom is -0.493 e. The smallest absolute Gasteiger partial charge is 0.127 e. The summed E-state index contributed by atoms with van der Waals surface area (Å²) < 4.78 is 5.66. The van der Waals surface area contributed by atoms with E-state index in [1.54, 1.807) is 0 Å². The van der Waals surface area contributed by atoms with E-state index in [0.717, 1.165) is 18.8 Å². The predicted octanol–water partition coefficient (Wildman–Crippen LogP) is 3.35. The van der Waals surface area contributed by atoms with Gasteiger partial charge in [0.2, 0.25) is 0 Å². The highest BCUT2D eigenvalue weighted by Crippen LogP contribution is 2.32. The summed E-state index contributed by atoms with van der Waals surface area (Å²) in [4.78, 5) is 0. The van der Waals surface area contributed by atoms with Crippen LogP contribution in [0.5, 0.6) is 5.75 Å². The minimum absolute atomic E-state index is 0.834. The number of benzene rings is 1. The van der Waals surface area contributed by atoms with Crippen LogP contribution in [0.3, 0.4) is 0 Å². The van der Waals surface area contributed by atoms with Gasteiger partial charge in [-0.25, -0.2) is 0 Å². The highest BCUT2D eigenvalue weighted by atomic mass is 16.5. The number of hydrogen-bond donors (Lipinski definition) is 0. The van der Waals surface area contributed by atoms with Crippen LogP contribution in [0, 0.1) is 0 Å². The van der Waals surface area contributed by atoms with Gasteiger partial charge in [0.15, 0.2) is 0 Å². The molecule has 0 amide bonds. The Hall–Kier alpha value is -1.24. The predicted molar refractivity (Wildman–Crippen MR) is 55.8 cm³/mol. The average molecular weight is 174 g/mol. The number of hydrogen-bond acceptors (Lipinski definition) is 1. The van der Waals surface area contributed by atoms with E-state index in [0.29, 0.717) is 0 Å². The Kier molecular flexibility index (Phi) is 2.35. The lowest BCUT2D eigenvalue weighted by Crippen LogP contribution is -2.01. The molecule has 0 N–H and O–H groups in total. The Balaban J connectivity index is 2.02. The fraction of sp³-hybridized carbons (Fsp3) is 0.333. The fourth-order valence-electron chi connectivity index (χ4n) is 1.41. The molecule has 0 spiro atoms. The molecule has 0 saturated heterocycles. The van der Waals surface area contributed by atoms with Crippen LogP contribution < -0.4 is 4.74 Å². The molecule has 1 aliphatic rings. The second kappa shape index (κ2) is 3.65. The van der Waals surface area contributed by atoms with Crippen molar-refractivity contribution >= 4 is 12.2 Å². The molecule has 0 unspecified atom stereocenters. The summed E-state index contributed by atoms with van der Waals surface area (Å²) >= 11 is 0. The van der Waals surface area contributed by atoms with Crippen molar-refractivity contribution < 1.29 is 4.74 Å². The van der Waals surface area contributed by atoms with Gasteiger partial charge in [-0.2, -0.15) is 0 Å². The molecule has 1 heteroatoms. The summed E-state index contributed by atoms with van der Waals surface area (Å²) in [5, 5.41) is 0. The molecule has 0 fully saturated rings. The quantitative estimate of drug-likeness (QED) is 0.646. The van der Waals surface area contributed by atoms with Crippen molar-refractivity contribution in [2.75, 3.05) is 6.61 Å². The Morgan fingerprint density at radius 1 is 1.23 bits per heavy atom. The Bertz CT molecular complexity index is 326. The molecule has 2 rings (SSSR count). The molecule has 0 aliphatic heterocycles. The van der Waals surface area contributed by atoms with E-state index in [2.05, 4.69) is 25.1 Å². The monoisotopic (exact) mass is 174 g/mol. The van der Waals surface area contributed by atoms with Gasteiger partial charge in [0.1, 0.15) is 5.75 Å². The maximum Gasteiger partial charge on any atom is 0.127 e. The van der Waals surface area contributed by atoms with Gasteiger partial charge in [-0.1, -0.05) is 37.6 Å². The molecule has 0 radical (unpaired) electrons. The lowest BCUT2D eigenvalue weighted by Gasteiger charge is -2.15. The van der Waals surface area contributed by atoms with Crippen molar-refractivity contribution in [3.8, 4) is 5.75 Å². The SMILES string of the molecule is CCCCOc1cccc2c1C=C2. The van der Waals surface area contributed by atoms with E-state index in [1.807, 2.05) is 12.1 Å². The zero-order valence-electron chi connectivity index (χ0n) is 7.92. The molecule has 0 heterocycles. The van der Waals surface area contributed by atoms with E-state index in [9.17, 15) is 0 Å². The second-order valence-electron chi connectivity index (χ2n) is 3.29. The summed E-state index contributed by atoms with van der Waals surface area (Å²) in [5.41, 5.74) is 2.56. The van der Waals surface area contributed by atoms with Gasteiger partial charge in [0.25, 0.3) is 0 Å². The van der Waals surface area contributed by atoms with Gasteiger partial charge in [-0.05, 0) is 18.1 Å². The number of fused-ring (bicyclic) bond motifs is 1. The molecule has 1 nitrogen and oxygen atoms in total. The van der Waals surface area contributed by atoms with Crippen LogP contribution in [0.1, 0.15) is 30.9 Å². The summed E-state index contributed by atoms with van der Waals surface area (Å²) in [6.45, 7) is 3.01. The van der Waals surface area contributed by atoms with Crippen LogP contribution >= 0.6 is 0 Å². The Morgan fingerprint density at radius 2 is 2.15 bits per heavy atom. The van der Waals surface area contributed by atoms with Crippen molar-refractivity contribution in [3.05, 3.63) is 29.3 Å². The molecule has 0 saturated carbocycles. The van der Waals surface area contributed by atoms with Gasteiger partial charge < -0.3 is 4.74 Å². The van der Waals surface area contributed by atoms with E-state index >= 15 is 0 Å². The van der Waals surface area contributed by atoms with Crippen molar-refractivity contribution in [2.45, 2.75) is 19.8 Å². The Labute approximate surface area is 79.0 Å². The minimum atomic E-state index is 0.834. The van der Waals surface area contributed by atoms with Gasteiger partial charge in [-0.15, -0.1) is 0 Å². The number of ether oxygens (including phenoxy) is 1. The molecular weight excluding hydrogens is 160 g/mol. The first kappa shape index (κ1) is 8.36. The van der Waals surface area contributed by atoms with Crippen molar-refractivity contribution in [1.82, 2.24) is 0 Å². The molecule has 1 aromatic rings. The highest BCUT2D eigenvalue weighted by Gasteiger charge is 2.10. The van der Waals surface area contributed by atoms with Crippen LogP contribution in [-0.2, 0) is 0 Å². The molecule has 0 aromatic heterocycles. The van der Waals surface area contributed by atoms with Crippen LogP contribution in [0.4, 0.5) is 0 Å². The van der Waals surface area contributed by atoms with E-state index < -0.39 is 0 Å². The molecule has 1 aliphatic carbocycles. The van der Waals surface area contributed by atoms with Crippen LogP contribution in [0.2, 0.25) is 0 Å². The summed E-state index contributed by atoms with van der Waals surface area (Å²) in [5.74, 6) is 1.04. The third-order valence-corrected chi connectivity index (χ3v) is 2.28. The van der Waals surface area contributed by atoms with Gasteiger partial charge in [0.05, 0.1) is 6.61 Å². The Morgan fingerprint density at radius 3 is 2.85 bits per heavy atom. The average Bonchev–Trinajstić information content (AvgIpc) is 2.08. The molecule has 68 valence electrons. The molecule has 1 aromatic carbocycles. The first-order valence-corrected chi connectivity index (χ1v) is 4.85. The van der Waals surface area contributed by atoms with Crippen molar-refractivity contribution in [2.24, 2.45) is 0 Å². The standard InChI is InChI=1S/C12H14O/c1-2-3-9-13-12-6-4-5-10-7-8-11(10)12/h4-8H,2-3,9H2,1H3. The summed E-state index contributed by atoms with van der Waals surface area (Å²) in [6.07, 6.45) is 6.54. The summed E-state index contributed by atoms with van der Waals surface area (Å²) in [6, 6.07) is 6.20. The van der Waals surface area contributed by atoms with Crippen LogP contribution in [0.15, 0.2) is 18.2 Å².